The van der Waals surface area contributed by atoms with Crippen molar-refractivity contribution in [1.29, 1.82) is 0 Å². The Morgan fingerprint density at radius 3 is 2.38 bits per heavy atom. The SMILES string of the molecule is CC.Cc1ccc(-c2ccccn2)c(O)c1. The summed E-state index contributed by atoms with van der Waals surface area (Å²) in [7, 11) is 0. The summed E-state index contributed by atoms with van der Waals surface area (Å²) in [6, 6.07) is 11.2. The number of nitrogens with zero attached hydrogens (tertiary/aromatic N) is 1. The number of hydrogen-bond donors (Lipinski definition) is 1. The molecule has 2 rings (SSSR count). The summed E-state index contributed by atoms with van der Waals surface area (Å²) < 4.78 is 0. The van der Waals surface area contributed by atoms with Gasteiger partial charge in [-0.25, -0.2) is 0 Å². The summed E-state index contributed by atoms with van der Waals surface area (Å²) in [4.78, 5) is 4.18. The fourth-order valence-electron chi connectivity index (χ4n) is 1.38. The predicted molar refractivity (Wildman–Crippen MR) is 67.4 cm³/mol. The summed E-state index contributed by atoms with van der Waals surface area (Å²) in [5, 5.41) is 9.70. The summed E-state index contributed by atoms with van der Waals surface area (Å²) in [5.74, 6) is 0.281. The minimum absolute atomic E-state index is 0.281. The fraction of sp³-hybridized carbons (Fsp3) is 0.214. The van der Waals surface area contributed by atoms with Crippen LogP contribution in [0.5, 0.6) is 5.75 Å². The first-order valence-electron chi connectivity index (χ1n) is 5.48. The van der Waals surface area contributed by atoms with E-state index < -0.39 is 0 Å². The number of benzene rings is 1. The monoisotopic (exact) mass is 215 g/mol. The minimum Gasteiger partial charge on any atom is -0.507 e. The van der Waals surface area contributed by atoms with Crippen molar-refractivity contribution in [2.75, 3.05) is 0 Å². The molecule has 0 saturated heterocycles. The molecule has 0 spiro atoms. The highest BCUT2D eigenvalue weighted by Gasteiger charge is 2.03. The molecule has 0 aliphatic rings. The van der Waals surface area contributed by atoms with Gasteiger partial charge in [-0.2, -0.15) is 0 Å². The highest BCUT2D eigenvalue weighted by atomic mass is 16.3. The van der Waals surface area contributed by atoms with Gasteiger partial charge in [0.25, 0.3) is 0 Å². The quantitative estimate of drug-likeness (QED) is 0.785. The van der Waals surface area contributed by atoms with Crippen LogP contribution in [0.15, 0.2) is 42.6 Å². The molecule has 0 fully saturated rings. The van der Waals surface area contributed by atoms with E-state index in [4.69, 9.17) is 0 Å². The molecule has 2 nitrogen and oxygen atoms in total. The molecule has 0 unspecified atom stereocenters. The second kappa shape index (κ2) is 5.91. The van der Waals surface area contributed by atoms with E-state index in [1.807, 2.05) is 51.1 Å². The Balaban J connectivity index is 0.000000606. The average molecular weight is 215 g/mol. The van der Waals surface area contributed by atoms with Gasteiger partial charge in [-0.1, -0.05) is 26.0 Å². The Hall–Kier alpha value is -1.83. The first-order valence-corrected chi connectivity index (χ1v) is 5.48. The van der Waals surface area contributed by atoms with E-state index in [-0.39, 0.29) is 5.75 Å². The van der Waals surface area contributed by atoms with E-state index in [1.54, 1.807) is 12.3 Å². The second-order valence-corrected chi connectivity index (χ2v) is 3.24. The molecule has 0 aliphatic carbocycles. The molecule has 16 heavy (non-hydrogen) atoms. The van der Waals surface area contributed by atoms with Crippen molar-refractivity contribution in [1.82, 2.24) is 4.98 Å². The van der Waals surface area contributed by atoms with E-state index >= 15 is 0 Å². The Morgan fingerprint density at radius 2 is 1.81 bits per heavy atom. The molecule has 0 saturated carbocycles. The smallest absolute Gasteiger partial charge is 0.125 e. The van der Waals surface area contributed by atoms with E-state index in [2.05, 4.69) is 4.98 Å². The molecule has 1 aromatic carbocycles. The van der Waals surface area contributed by atoms with Crippen LogP contribution in [0, 0.1) is 6.92 Å². The van der Waals surface area contributed by atoms with Crippen LogP contribution in [-0.4, -0.2) is 10.1 Å². The third kappa shape index (κ3) is 2.83. The van der Waals surface area contributed by atoms with Gasteiger partial charge in [-0.05, 0) is 36.8 Å². The van der Waals surface area contributed by atoms with Gasteiger partial charge in [0.15, 0.2) is 0 Å². The molecule has 1 aromatic heterocycles. The number of phenols is 1. The molecule has 0 amide bonds. The first-order chi connectivity index (χ1) is 7.77. The van der Waals surface area contributed by atoms with E-state index in [1.165, 1.54) is 0 Å². The molecule has 1 heterocycles. The van der Waals surface area contributed by atoms with Crippen molar-refractivity contribution < 1.29 is 5.11 Å². The van der Waals surface area contributed by atoms with Gasteiger partial charge in [0.2, 0.25) is 0 Å². The summed E-state index contributed by atoms with van der Waals surface area (Å²) in [5.41, 5.74) is 2.61. The van der Waals surface area contributed by atoms with Crippen LogP contribution in [0.2, 0.25) is 0 Å². The third-order valence-electron chi connectivity index (χ3n) is 2.09. The van der Waals surface area contributed by atoms with Crippen LogP contribution >= 0.6 is 0 Å². The second-order valence-electron chi connectivity index (χ2n) is 3.24. The van der Waals surface area contributed by atoms with Crippen LogP contribution < -0.4 is 0 Å². The van der Waals surface area contributed by atoms with Crippen molar-refractivity contribution in [3.63, 3.8) is 0 Å². The standard InChI is InChI=1S/C12H11NO.C2H6/c1-9-5-6-10(12(14)8-9)11-4-2-3-7-13-11;1-2/h2-8,14H,1H3;1-2H3. The molecule has 0 radical (unpaired) electrons. The maximum atomic E-state index is 9.70. The van der Waals surface area contributed by atoms with Crippen LogP contribution in [0.4, 0.5) is 0 Å². The zero-order valence-electron chi connectivity index (χ0n) is 9.94. The van der Waals surface area contributed by atoms with Crippen LogP contribution in [0.25, 0.3) is 11.3 Å². The van der Waals surface area contributed by atoms with Gasteiger partial charge in [0.1, 0.15) is 5.75 Å². The maximum absolute atomic E-state index is 9.70. The van der Waals surface area contributed by atoms with E-state index in [0.717, 1.165) is 16.8 Å². The molecule has 0 atom stereocenters. The van der Waals surface area contributed by atoms with Crippen molar-refractivity contribution in [3.8, 4) is 17.0 Å². The van der Waals surface area contributed by atoms with E-state index in [9.17, 15) is 5.11 Å². The summed E-state index contributed by atoms with van der Waals surface area (Å²) >= 11 is 0. The lowest BCUT2D eigenvalue weighted by molar-refractivity contribution is 0.476. The number of hydrogen-bond acceptors (Lipinski definition) is 2. The van der Waals surface area contributed by atoms with Crippen LogP contribution in [-0.2, 0) is 0 Å². The van der Waals surface area contributed by atoms with Crippen molar-refractivity contribution in [3.05, 3.63) is 48.2 Å². The van der Waals surface area contributed by atoms with Gasteiger partial charge in [-0.15, -0.1) is 0 Å². The number of rotatable bonds is 1. The minimum atomic E-state index is 0.281. The normalized spacial score (nSPS) is 9.19. The zero-order chi connectivity index (χ0) is 12.0. The molecule has 0 bridgehead atoms. The summed E-state index contributed by atoms with van der Waals surface area (Å²) in [6.45, 7) is 5.95. The lowest BCUT2D eigenvalue weighted by atomic mass is 10.1. The Bertz CT molecular complexity index is 438. The van der Waals surface area contributed by atoms with Crippen LogP contribution in [0.3, 0.4) is 0 Å². The highest BCUT2D eigenvalue weighted by molar-refractivity contribution is 5.66. The molecule has 84 valence electrons. The lowest BCUT2D eigenvalue weighted by Gasteiger charge is -2.03. The zero-order valence-corrected chi connectivity index (χ0v) is 9.94. The topological polar surface area (TPSA) is 33.1 Å². The molecular weight excluding hydrogens is 198 g/mol. The molecule has 2 heteroatoms. The fourth-order valence-corrected chi connectivity index (χ4v) is 1.38. The van der Waals surface area contributed by atoms with Gasteiger partial charge >= 0.3 is 0 Å². The lowest BCUT2D eigenvalue weighted by Crippen LogP contribution is -1.83. The van der Waals surface area contributed by atoms with E-state index in [0.29, 0.717) is 0 Å². The Morgan fingerprint density at radius 1 is 1.06 bits per heavy atom. The van der Waals surface area contributed by atoms with Crippen molar-refractivity contribution in [2.24, 2.45) is 0 Å². The maximum Gasteiger partial charge on any atom is 0.125 e. The average Bonchev–Trinajstić information content (AvgIpc) is 2.33. The molecule has 0 aliphatic heterocycles. The number of phenolic OH excluding ortho intramolecular Hbond substituents is 1. The van der Waals surface area contributed by atoms with Gasteiger partial charge < -0.3 is 5.11 Å². The summed E-state index contributed by atoms with van der Waals surface area (Å²) in [6.07, 6.45) is 1.72. The van der Waals surface area contributed by atoms with Crippen molar-refractivity contribution in [2.45, 2.75) is 20.8 Å². The predicted octanol–water partition coefficient (Wildman–Crippen LogP) is 3.79. The number of aromatic nitrogens is 1. The first kappa shape index (κ1) is 12.2. The third-order valence-corrected chi connectivity index (χ3v) is 2.09. The van der Waals surface area contributed by atoms with Crippen LogP contribution in [0.1, 0.15) is 19.4 Å². The number of pyridine rings is 1. The number of aromatic hydroxyl groups is 1. The number of aryl methyl sites for hydroxylation is 1. The van der Waals surface area contributed by atoms with Gasteiger partial charge in [0, 0.05) is 11.8 Å². The van der Waals surface area contributed by atoms with Gasteiger partial charge in [0.05, 0.1) is 5.69 Å². The Labute approximate surface area is 96.6 Å². The molecular formula is C14H17NO. The Kier molecular flexibility index (Phi) is 4.52. The van der Waals surface area contributed by atoms with Crippen molar-refractivity contribution >= 4 is 0 Å². The van der Waals surface area contributed by atoms with Gasteiger partial charge in [-0.3, -0.25) is 4.98 Å². The largest absolute Gasteiger partial charge is 0.507 e. The molecule has 1 N–H and O–H groups in total. The highest BCUT2D eigenvalue weighted by Crippen LogP contribution is 2.27. The molecule has 2 aromatic rings.